The van der Waals surface area contributed by atoms with Crippen molar-refractivity contribution in [3.05, 3.63) is 77.6 Å². The van der Waals surface area contributed by atoms with Gasteiger partial charge in [-0.1, -0.05) is 38.1 Å². The third kappa shape index (κ3) is 5.89. The van der Waals surface area contributed by atoms with Gasteiger partial charge in [-0.25, -0.2) is 9.78 Å². The number of ether oxygens (including phenoxy) is 3. The molecule has 0 unspecified atom stereocenters. The van der Waals surface area contributed by atoms with Gasteiger partial charge in [-0.2, -0.15) is 4.98 Å². The molecule has 8 nitrogen and oxygen atoms in total. The number of nitrogens with zero attached hydrogens (tertiary/aromatic N) is 2. The van der Waals surface area contributed by atoms with Crippen LogP contribution in [0.25, 0.3) is 0 Å². The summed E-state index contributed by atoms with van der Waals surface area (Å²) in [6, 6.07) is 17.7. The second-order valence-electron chi connectivity index (χ2n) is 9.83. The van der Waals surface area contributed by atoms with Gasteiger partial charge in [-0.15, -0.1) is 0 Å². The summed E-state index contributed by atoms with van der Waals surface area (Å²) in [5.74, 6) is 1.39. The summed E-state index contributed by atoms with van der Waals surface area (Å²) in [6.45, 7) is 7.65. The fourth-order valence-corrected chi connectivity index (χ4v) is 3.96. The number of aliphatic hydroxyl groups is 1. The Hall–Kier alpha value is -3.65. The number of nitrogens with two attached hydrogens (primary N) is 1. The molecule has 1 aromatic heterocycles. The topological polar surface area (TPSA) is 117 Å². The van der Waals surface area contributed by atoms with Crippen LogP contribution in [0.4, 0.5) is 4.79 Å². The van der Waals surface area contributed by atoms with E-state index in [-0.39, 0.29) is 23.6 Å². The zero-order chi connectivity index (χ0) is 25.2. The number of rotatable bonds is 8. The third-order valence-corrected chi connectivity index (χ3v) is 6.26. The van der Waals surface area contributed by atoms with Gasteiger partial charge in [-0.05, 0) is 55.3 Å². The maximum absolute atomic E-state index is 10.8. The summed E-state index contributed by atoms with van der Waals surface area (Å²) < 4.78 is 16.7. The first-order chi connectivity index (χ1) is 16.5. The molecule has 1 heterocycles. The molecule has 0 saturated heterocycles. The number of benzene rings is 2. The van der Waals surface area contributed by atoms with Crippen LogP contribution in [0.1, 0.15) is 57.4 Å². The van der Waals surface area contributed by atoms with Gasteiger partial charge in [0.05, 0.1) is 5.69 Å². The molecule has 35 heavy (non-hydrogen) atoms. The van der Waals surface area contributed by atoms with Gasteiger partial charge in [0.25, 0.3) is 0 Å². The van der Waals surface area contributed by atoms with Gasteiger partial charge in [0.1, 0.15) is 29.3 Å². The highest BCUT2D eigenvalue weighted by molar-refractivity contribution is 5.64. The first-order valence-corrected chi connectivity index (χ1v) is 11.6. The lowest BCUT2D eigenvalue weighted by Crippen LogP contribution is -2.41. The molecule has 0 spiro atoms. The Bertz CT molecular complexity index is 1160. The largest absolute Gasteiger partial charge is 0.490 e. The van der Waals surface area contributed by atoms with Crippen LogP contribution >= 0.6 is 0 Å². The van der Waals surface area contributed by atoms with E-state index >= 15 is 0 Å². The predicted molar refractivity (Wildman–Crippen MR) is 130 cm³/mol. The summed E-state index contributed by atoms with van der Waals surface area (Å²) in [6.07, 6.45) is 2.00. The lowest BCUT2D eigenvalue weighted by molar-refractivity contribution is -0.0197. The number of aromatic nitrogens is 2. The Morgan fingerprint density at radius 1 is 0.914 bits per heavy atom. The van der Waals surface area contributed by atoms with Gasteiger partial charge >= 0.3 is 12.1 Å². The van der Waals surface area contributed by atoms with E-state index in [9.17, 15) is 9.90 Å². The monoisotopic (exact) mass is 477 g/mol. The summed E-state index contributed by atoms with van der Waals surface area (Å²) in [5, 5.41) is 10.2. The number of hydrogen-bond acceptors (Lipinski definition) is 7. The van der Waals surface area contributed by atoms with Crippen LogP contribution in [0.3, 0.4) is 0 Å². The molecular formula is C27H31N3O5. The average Bonchev–Trinajstić information content (AvgIpc) is 2.78. The van der Waals surface area contributed by atoms with Gasteiger partial charge < -0.3 is 25.1 Å². The number of amides is 1. The van der Waals surface area contributed by atoms with Crippen molar-refractivity contribution in [2.24, 2.45) is 5.73 Å². The van der Waals surface area contributed by atoms with E-state index in [0.717, 1.165) is 16.9 Å². The molecule has 1 aliphatic carbocycles. The first-order valence-electron chi connectivity index (χ1n) is 11.6. The fourth-order valence-electron chi connectivity index (χ4n) is 3.96. The van der Waals surface area contributed by atoms with E-state index in [4.69, 9.17) is 19.9 Å². The maximum Gasteiger partial charge on any atom is 0.404 e. The zero-order valence-corrected chi connectivity index (χ0v) is 20.4. The van der Waals surface area contributed by atoms with Gasteiger partial charge in [0, 0.05) is 24.5 Å². The van der Waals surface area contributed by atoms with E-state index in [1.165, 1.54) is 0 Å². The van der Waals surface area contributed by atoms with Crippen molar-refractivity contribution >= 4 is 6.09 Å². The van der Waals surface area contributed by atoms with E-state index in [0.29, 0.717) is 24.3 Å². The van der Waals surface area contributed by atoms with Crippen LogP contribution in [0.15, 0.2) is 60.8 Å². The quantitative estimate of drug-likeness (QED) is 0.477. The lowest BCUT2D eigenvalue weighted by Gasteiger charge is -2.34. The third-order valence-electron chi connectivity index (χ3n) is 6.26. The minimum atomic E-state index is -1.07. The minimum absolute atomic E-state index is 0.0267. The molecule has 1 saturated carbocycles. The SMILES string of the molecule is CC(C)(O)c1ccnc(Oc2ccc(C(C)(C)c3ccc(OC4CC(OC(N)=O)C4)cc3)cc2)n1. The number of carbonyl (C=O) groups excluding carboxylic acids is 1. The molecule has 3 N–H and O–H groups in total. The van der Waals surface area contributed by atoms with Gasteiger partial charge in [0.2, 0.25) is 0 Å². The number of primary amides is 1. The second kappa shape index (κ2) is 9.54. The smallest absolute Gasteiger partial charge is 0.404 e. The standard InChI is InChI=1S/C27H31N3O5/c1-26(2,17-5-9-19(10-6-17)33-21-15-22(16-21)34-24(28)31)18-7-11-20(12-8-18)35-25-29-14-13-23(30-25)27(3,4)32/h5-14,21-22,32H,15-16H2,1-4H3,(H2,28,31). The predicted octanol–water partition coefficient (Wildman–Crippen LogP) is 4.83. The first kappa shape index (κ1) is 24.5. The number of carbonyl (C=O) groups is 1. The molecule has 8 heteroatoms. The number of hydrogen-bond donors (Lipinski definition) is 2. The van der Waals surface area contributed by atoms with Crippen molar-refractivity contribution in [3.63, 3.8) is 0 Å². The molecule has 1 amide bonds. The molecule has 4 rings (SSSR count). The van der Waals surface area contributed by atoms with Crippen LogP contribution in [-0.2, 0) is 15.8 Å². The van der Waals surface area contributed by atoms with Crippen LogP contribution in [0.5, 0.6) is 17.5 Å². The van der Waals surface area contributed by atoms with E-state index in [2.05, 4.69) is 35.9 Å². The van der Waals surface area contributed by atoms with Gasteiger partial charge in [-0.3, -0.25) is 0 Å². The Morgan fingerprint density at radius 3 is 2.03 bits per heavy atom. The molecule has 184 valence electrons. The van der Waals surface area contributed by atoms with E-state index < -0.39 is 11.7 Å². The van der Waals surface area contributed by atoms with E-state index in [1.807, 2.05) is 36.4 Å². The van der Waals surface area contributed by atoms with Crippen molar-refractivity contribution in [1.29, 1.82) is 0 Å². The summed E-state index contributed by atoms with van der Waals surface area (Å²) in [7, 11) is 0. The Morgan fingerprint density at radius 2 is 1.49 bits per heavy atom. The zero-order valence-electron chi connectivity index (χ0n) is 20.4. The fraction of sp³-hybridized carbons (Fsp3) is 0.370. The molecular weight excluding hydrogens is 446 g/mol. The maximum atomic E-state index is 10.8. The van der Waals surface area contributed by atoms with Crippen LogP contribution in [0.2, 0.25) is 0 Å². The second-order valence-corrected chi connectivity index (χ2v) is 9.83. The Labute approximate surface area is 205 Å². The molecule has 0 atom stereocenters. The summed E-state index contributed by atoms with van der Waals surface area (Å²) in [4.78, 5) is 19.2. The highest BCUT2D eigenvalue weighted by Crippen LogP contribution is 2.35. The van der Waals surface area contributed by atoms with Crippen molar-refractivity contribution in [3.8, 4) is 17.5 Å². The highest BCUT2D eigenvalue weighted by Gasteiger charge is 2.33. The highest BCUT2D eigenvalue weighted by atomic mass is 16.6. The molecule has 0 aliphatic heterocycles. The molecule has 2 aromatic carbocycles. The molecule has 3 aromatic rings. The molecule has 1 aliphatic rings. The van der Waals surface area contributed by atoms with Gasteiger partial charge in [0.15, 0.2) is 0 Å². The molecule has 0 bridgehead atoms. The van der Waals surface area contributed by atoms with Crippen LogP contribution in [-0.4, -0.2) is 33.4 Å². The van der Waals surface area contributed by atoms with Crippen molar-refractivity contribution in [1.82, 2.24) is 9.97 Å². The van der Waals surface area contributed by atoms with Crippen molar-refractivity contribution in [2.45, 2.75) is 63.8 Å². The normalized spacial score (nSPS) is 17.9. The van der Waals surface area contributed by atoms with Crippen LogP contribution < -0.4 is 15.2 Å². The lowest BCUT2D eigenvalue weighted by atomic mass is 9.78. The molecule has 0 radical (unpaired) electrons. The van der Waals surface area contributed by atoms with Crippen molar-refractivity contribution in [2.75, 3.05) is 0 Å². The Balaban J connectivity index is 1.38. The van der Waals surface area contributed by atoms with Crippen molar-refractivity contribution < 1.29 is 24.1 Å². The summed E-state index contributed by atoms with van der Waals surface area (Å²) >= 11 is 0. The average molecular weight is 478 g/mol. The molecule has 1 fully saturated rings. The van der Waals surface area contributed by atoms with E-state index in [1.54, 1.807) is 26.1 Å². The Kier molecular flexibility index (Phi) is 6.67. The summed E-state index contributed by atoms with van der Waals surface area (Å²) in [5.41, 5.74) is 6.48. The van der Waals surface area contributed by atoms with Crippen LogP contribution in [0, 0.1) is 0 Å². The minimum Gasteiger partial charge on any atom is -0.490 e.